The van der Waals surface area contributed by atoms with Crippen LogP contribution in [-0.4, -0.2) is 13.4 Å². The van der Waals surface area contributed by atoms with E-state index in [0.717, 1.165) is 81.4 Å². The Bertz CT molecular complexity index is 4570. The fourth-order valence-corrected chi connectivity index (χ4v) is 18.1. The summed E-state index contributed by atoms with van der Waals surface area (Å²) in [5, 5.41) is 1.24. The zero-order valence-electron chi connectivity index (χ0n) is 51.5. The number of thiophene rings is 1. The van der Waals surface area contributed by atoms with Gasteiger partial charge in [0.05, 0.1) is 5.69 Å². The van der Waals surface area contributed by atoms with E-state index in [4.69, 9.17) is 15.2 Å². The first kappa shape index (κ1) is 52.8. The third-order valence-corrected chi connectivity index (χ3v) is 22.2. The van der Waals surface area contributed by atoms with Gasteiger partial charge in [0.1, 0.15) is 23.0 Å². The van der Waals surface area contributed by atoms with Crippen molar-refractivity contribution in [2.24, 2.45) is 5.73 Å². The number of anilines is 6. The summed E-state index contributed by atoms with van der Waals surface area (Å²) < 4.78 is 17.8. The zero-order valence-corrected chi connectivity index (χ0v) is 52.4. The van der Waals surface area contributed by atoms with Crippen LogP contribution in [0.5, 0.6) is 23.0 Å². The highest BCUT2D eigenvalue weighted by Crippen LogP contribution is 2.54. The van der Waals surface area contributed by atoms with E-state index in [1.54, 1.807) is 0 Å². The van der Waals surface area contributed by atoms with Gasteiger partial charge in [0.25, 0.3) is 13.4 Å². The van der Waals surface area contributed by atoms with Gasteiger partial charge >= 0.3 is 0 Å². The third kappa shape index (κ3) is 7.66. The van der Waals surface area contributed by atoms with E-state index in [9.17, 15) is 0 Å². The molecule has 1 atom stereocenters. The number of ether oxygens (including phenoxy) is 2. The Hall–Kier alpha value is -7.77. The average Bonchev–Trinajstić information content (AvgIpc) is 1.69. The molecule has 1 aromatic heterocycles. The monoisotopic (exact) mass is 1130 g/mol. The molecule has 0 saturated carbocycles. The van der Waals surface area contributed by atoms with Gasteiger partial charge in [-0.1, -0.05) is 132 Å². The Morgan fingerprint density at radius 2 is 0.929 bits per heavy atom. The molecule has 4 aliphatic heterocycles. The van der Waals surface area contributed by atoms with Crippen molar-refractivity contribution in [2.45, 2.75) is 137 Å². The summed E-state index contributed by atoms with van der Waals surface area (Å²) in [6.45, 7) is 29.9. The van der Waals surface area contributed by atoms with Crippen LogP contribution in [0.15, 0.2) is 146 Å². The first-order valence-corrected chi connectivity index (χ1v) is 31.7. The van der Waals surface area contributed by atoms with Crippen molar-refractivity contribution in [2.75, 3.05) is 9.80 Å². The number of nitrogens with zero attached hydrogens (tertiary/aromatic N) is 2. The summed E-state index contributed by atoms with van der Waals surface area (Å²) in [5.41, 5.74) is 37.8. The van der Waals surface area contributed by atoms with E-state index in [0.29, 0.717) is 0 Å². The number of para-hydroxylation sites is 1. The standard InChI is InChI=1S/C77H73B2N3O2S/c1-42-30-44(3)68(45(4)31-42)48-34-61-70-65(36-48)83-63-41-64-59(40-58(63)78(70)57-19-15-16-20-60(57)81(61)50-22-24-53-55(38-50)76(11,12)27-26-74(53,7)8)79-71-62(35-49(37-66(71)84-64)69-46(5)32-43(2)33-47(69)6)82(72-52-18-14-17-21-67(52)85-73(72)79)51-23-25-54-56(39-51)77(13,80)29-28-75(54,9)10/h14-25,30-41H,26-29,80H2,1-13H3. The highest BCUT2D eigenvalue weighted by Gasteiger charge is 2.49. The van der Waals surface area contributed by atoms with Gasteiger partial charge in [-0.05, 0) is 245 Å². The van der Waals surface area contributed by atoms with Crippen LogP contribution in [0.3, 0.4) is 0 Å². The van der Waals surface area contributed by atoms with Crippen LogP contribution in [0.2, 0.25) is 0 Å². The van der Waals surface area contributed by atoms with Crippen LogP contribution in [0.25, 0.3) is 32.3 Å². The molecule has 0 spiro atoms. The van der Waals surface area contributed by atoms with Crippen molar-refractivity contribution in [3.8, 4) is 45.3 Å². The molecular formula is C77H73B2N3O2S. The number of fused-ring (bicyclic) bond motifs is 12. The van der Waals surface area contributed by atoms with E-state index < -0.39 is 5.54 Å². The van der Waals surface area contributed by atoms with Crippen molar-refractivity contribution in [1.82, 2.24) is 0 Å². The SMILES string of the molecule is Cc1cc(C)c(-c2cc3c4c(c2)N(c2ccc5c(c2)C(C)(C)CCC5(C)C)c2ccccc2B4c2cc4c(cc2O3)Oc2cc(-c3c(C)cc(C)cc3C)cc3c2B4c2sc4ccccc4c2N3c2ccc3c(c2)C(C)(N)CCC3(C)C)c(C)c1. The molecule has 0 fully saturated rings. The van der Waals surface area contributed by atoms with Gasteiger partial charge in [-0.3, -0.25) is 0 Å². The van der Waals surface area contributed by atoms with Crippen LogP contribution in [-0.2, 0) is 21.8 Å². The second-order valence-corrected chi connectivity index (χ2v) is 29.5. The van der Waals surface area contributed by atoms with Gasteiger partial charge in [0.15, 0.2) is 0 Å². The summed E-state index contributed by atoms with van der Waals surface area (Å²) >= 11 is 1.92. The van der Waals surface area contributed by atoms with Gasteiger partial charge < -0.3 is 25.0 Å². The lowest BCUT2D eigenvalue weighted by Crippen LogP contribution is -2.62. The Balaban J connectivity index is 0.948. The van der Waals surface area contributed by atoms with Crippen molar-refractivity contribution in [1.29, 1.82) is 0 Å². The molecule has 8 heteroatoms. The van der Waals surface area contributed by atoms with Crippen LogP contribution >= 0.6 is 11.3 Å². The molecule has 0 saturated heterocycles. The number of aryl methyl sites for hydroxylation is 6. The van der Waals surface area contributed by atoms with Gasteiger partial charge in [0, 0.05) is 54.9 Å². The minimum Gasteiger partial charge on any atom is -0.458 e. The van der Waals surface area contributed by atoms with E-state index in [2.05, 4.69) is 245 Å². The highest BCUT2D eigenvalue weighted by atomic mass is 32.1. The number of nitrogens with two attached hydrogens (primary N) is 1. The maximum atomic E-state index is 7.60. The first-order valence-electron chi connectivity index (χ1n) is 30.9. The Morgan fingerprint density at radius 3 is 1.55 bits per heavy atom. The Kier molecular flexibility index (Phi) is 11.1. The van der Waals surface area contributed by atoms with Crippen molar-refractivity contribution in [3.63, 3.8) is 0 Å². The summed E-state index contributed by atoms with van der Waals surface area (Å²) in [6.07, 6.45) is 4.29. The molecule has 6 aliphatic rings. The molecule has 2 N–H and O–H groups in total. The number of rotatable bonds is 4. The fourth-order valence-electron chi connectivity index (χ4n) is 16.8. The summed E-state index contributed by atoms with van der Waals surface area (Å²) in [5.74, 6) is 3.43. The second-order valence-electron chi connectivity index (χ2n) is 28.4. The van der Waals surface area contributed by atoms with Crippen molar-refractivity contribution >= 4 is 101 Å². The van der Waals surface area contributed by atoms with Gasteiger partial charge in [0.2, 0.25) is 0 Å². The van der Waals surface area contributed by atoms with Gasteiger partial charge in [-0.2, -0.15) is 0 Å². The molecule has 5 heterocycles. The molecule has 420 valence electrons. The summed E-state index contributed by atoms with van der Waals surface area (Å²) in [4.78, 5) is 5.14. The molecule has 0 bridgehead atoms. The van der Waals surface area contributed by atoms with Crippen LogP contribution < -0.4 is 57.1 Å². The zero-order chi connectivity index (χ0) is 58.7. The minimum atomic E-state index is -0.471. The first-order chi connectivity index (χ1) is 40.5. The molecule has 5 nitrogen and oxygen atoms in total. The molecule has 0 radical (unpaired) electrons. The number of hydrogen-bond acceptors (Lipinski definition) is 6. The molecule has 1 unspecified atom stereocenters. The lowest BCUT2D eigenvalue weighted by Gasteiger charge is -2.44. The second kappa shape index (κ2) is 17.9. The predicted octanol–water partition coefficient (Wildman–Crippen LogP) is 16.5. The van der Waals surface area contributed by atoms with Crippen LogP contribution in [0.1, 0.15) is 130 Å². The maximum absolute atomic E-state index is 7.60. The highest BCUT2D eigenvalue weighted by molar-refractivity contribution is 7.33. The fraction of sp³-hybridized carbons (Fsp3) is 0.273. The lowest BCUT2D eigenvalue weighted by atomic mass is 9.32. The third-order valence-electron chi connectivity index (χ3n) is 21.0. The molecule has 0 amide bonds. The normalized spacial score (nSPS) is 18.5. The number of benzene rings is 9. The Labute approximate surface area is 507 Å². The molecule has 9 aromatic carbocycles. The van der Waals surface area contributed by atoms with E-state index in [-0.39, 0.29) is 29.7 Å². The number of hydrogen-bond donors (Lipinski definition) is 1. The van der Waals surface area contributed by atoms with Crippen LogP contribution in [0.4, 0.5) is 34.1 Å². The van der Waals surface area contributed by atoms with Crippen molar-refractivity contribution in [3.05, 3.63) is 201 Å². The lowest BCUT2D eigenvalue weighted by molar-refractivity contribution is 0.319. The quantitative estimate of drug-likeness (QED) is 0.178. The molecular weight excluding hydrogens is 1050 g/mol. The van der Waals surface area contributed by atoms with E-state index in [1.807, 2.05) is 11.3 Å². The topological polar surface area (TPSA) is 51.0 Å². The smallest absolute Gasteiger partial charge is 0.268 e. The van der Waals surface area contributed by atoms with Crippen LogP contribution in [0, 0.1) is 41.5 Å². The molecule has 10 aromatic rings. The largest absolute Gasteiger partial charge is 0.458 e. The van der Waals surface area contributed by atoms with Gasteiger partial charge in [-0.15, -0.1) is 11.3 Å². The maximum Gasteiger partial charge on any atom is 0.268 e. The van der Waals surface area contributed by atoms with Gasteiger partial charge in [-0.25, -0.2) is 0 Å². The van der Waals surface area contributed by atoms with E-state index in [1.165, 1.54) is 121 Å². The van der Waals surface area contributed by atoms with Crippen molar-refractivity contribution < 1.29 is 9.47 Å². The predicted molar refractivity (Wildman–Crippen MR) is 362 cm³/mol. The van der Waals surface area contributed by atoms with E-state index >= 15 is 0 Å². The summed E-state index contributed by atoms with van der Waals surface area (Å²) in [6, 6.07) is 56.4. The average molecular weight is 1130 g/mol. The summed E-state index contributed by atoms with van der Waals surface area (Å²) in [7, 11) is 0. The minimum absolute atomic E-state index is 0.00943. The Morgan fingerprint density at radius 1 is 0.435 bits per heavy atom. The molecule has 85 heavy (non-hydrogen) atoms. The molecule has 16 rings (SSSR count). The molecule has 2 aliphatic carbocycles.